The van der Waals surface area contributed by atoms with Crippen molar-refractivity contribution in [1.29, 1.82) is 0 Å². The molecular weight excluding hydrogens is 212 g/mol. The molecule has 2 heteroatoms. The molecule has 0 saturated carbocycles. The normalized spacial score (nSPS) is 14.2. The second-order valence-electron chi connectivity index (χ2n) is 4.71. The Labute approximate surface area is 104 Å². The molecule has 1 heterocycles. The largest absolute Gasteiger partial charge is 0.337 e. The van der Waals surface area contributed by atoms with Gasteiger partial charge in [0.2, 0.25) is 0 Å². The van der Waals surface area contributed by atoms with Gasteiger partial charge in [-0.1, -0.05) is 44.7 Å². The quantitative estimate of drug-likeness (QED) is 0.545. The maximum Gasteiger partial charge on any atom is 0.168 e. The summed E-state index contributed by atoms with van der Waals surface area (Å²) in [6.45, 7) is 2.91. The molecule has 1 aliphatic heterocycles. The number of unbranched alkanes of at least 4 members (excludes halogenated alkanes) is 4. The molecule has 0 atom stereocenters. The van der Waals surface area contributed by atoms with E-state index in [0.29, 0.717) is 6.61 Å². The third kappa shape index (κ3) is 3.47. The van der Waals surface area contributed by atoms with Gasteiger partial charge < -0.3 is 4.89 Å². The Hall–Kier alpha value is -1.02. The van der Waals surface area contributed by atoms with Crippen molar-refractivity contribution in [2.45, 2.75) is 51.9 Å². The van der Waals surface area contributed by atoms with Crippen molar-refractivity contribution in [2.75, 3.05) is 6.61 Å². The van der Waals surface area contributed by atoms with Crippen LogP contribution < -0.4 is 4.89 Å². The first-order chi connectivity index (χ1) is 8.42. The third-order valence-corrected chi connectivity index (χ3v) is 3.36. The van der Waals surface area contributed by atoms with Crippen LogP contribution in [0.15, 0.2) is 18.2 Å². The standard InChI is InChI=1S/C15H22O2/c1-2-3-4-5-6-9-14-13-8-7-10-15(14)17-16-12-11-13/h7-8,10H,2-6,9,11-12H2,1H3. The summed E-state index contributed by atoms with van der Waals surface area (Å²) < 4.78 is 0. The van der Waals surface area contributed by atoms with Gasteiger partial charge in [0.15, 0.2) is 5.75 Å². The first-order valence-corrected chi connectivity index (χ1v) is 6.82. The molecule has 17 heavy (non-hydrogen) atoms. The minimum absolute atomic E-state index is 0.663. The first kappa shape index (κ1) is 12.4. The zero-order valence-electron chi connectivity index (χ0n) is 10.7. The molecule has 0 N–H and O–H groups in total. The molecule has 2 bridgehead atoms. The lowest BCUT2D eigenvalue weighted by atomic mass is 9.98. The molecular formula is C15H22O2. The van der Waals surface area contributed by atoms with Crippen molar-refractivity contribution in [3.63, 3.8) is 0 Å². The SMILES string of the molecule is CCCCCCCc1c2cccc1OOCC2. The van der Waals surface area contributed by atoms with Crippen LogP contribution in [0.5, 0.6) is 5.75 Å². The third-order valence-electron chi connectivity index (χ3n) is 3.36. The van der Waals surface area contributed by atoms with E-state index in [1.807, 2.05) is 6.07 Å². The average Bonchev–Trinajstić information content (AvgIpc) is 2.46. The Morgan fingerprint density at radius 1 is 1.12 bits per heavy atom. The van der Waals surface area contributed by atoms with Gasteiger partial charge in [-0.15, -0.1) is 0 Å². The molecule has 0 fully saturated rings. The van der Waals surface area contributed by atoms with Crippen LogP contribution in [0.4, 0.5) is 0 Å². The fourth-order valence-corrected chi connectivity index (χ4v) is 2.37. The molecule has 0 aromatic heterocycles. The predicted molar refractivity (Wildman–Crippen MR) is 69.2 cm³/mol. The number of rotatable bonds is 6. The molecule has 0 amide bonds. The fraction of sp³-hybridized carbons (Fsp3) is 0.600. The van der Waals surface area contributed by atoms with Crippen LogP contribution >= 0.6 is 0 Å². The number of benzene rings is 1. The smallest absolute Gasteiger partial charge is 0.168 e. The lowest BCUT2D eigenvalue weighted by molar-refractivity contribution is -0.203. The zero-order valence-corrected chi connectivity index (χ0v) is 10.7. The maximum absolute atomic E-state index is 5.32. The molecule has 0 saturated heterocycles. The molecule has 2 rings (SSSR count). The van der Waals surface area contributed by atoms with Crippen LogP contribution in [0.1, 0.15) is 50.2 Å². The fourth-order valence-electron chi connectivity index (χ4n) is 2.37. The Morgan fingerprint density at radius 3 is 2.88 bits per heavy atom. The van der Waals surface area contributed by atoms with Crippen molar-refractivity contribution in [2.24, 2.45) is 0 Å². The minimum Gasteiger partial charge on any atom is -0.337 e. The van der Waals surface area contributed by atoms with Gasteiger partial charge in [0.25, 0.3) is 0 Å². The second-order valence-corrected chi connectivity index (χ2v) is 4.71. The highest BCUT2D eigenvalue weighted by molar-refractivity contribution is 5.40. The van der Waals surface area contributed by atoms with Gasteiger partial charge in [-0.05, 0) is 24.5 Å². The van der Waals surface area contributed by atoms with Crippen molar-refractivity contribution >= 4 is 0 Å². The molecule has 1 aromatic rings. The summed E-state index contributed by atoms with van der Waals surface area (Å²) >= 11 is 0. The number of hydrogen-bond donors (Lipinski definition) is 0. The van der Waals surface area contributed by atoms with E-state index in [-0.39, 0.29) is 0 Å². The van der Waals surface area contributed by atoms with Gasteiger partial charge in [-0.25, -0.2) is 0 Å². The number of fused-ring (bicyclic) bond motifs is 2. The van der Waals surface area contributed by atoms with Gasteiger partial charge in [0.05, 0.1) is 6.61 Å². The second kappa shape index (κ2) is 6.65. The summed E-state index contributed by atoms with van der Waals surface area (Å²) in [5, 5.41) is 0. The first-order valence-electron chi connectivity index (χ1n) is 6.82. The molecule has 0 radical (unpaired) electrons. The summed E-state index contributed by atoms with van der Waals surface area (Å²) in [4.78, 5) is 10.5. The van der Waals surface area contributed by atoms with Crippen LogP contribution in [-0.4, -0.2) is 6.61 Å². The molecule has 2 nitrogen and oxygen atoms in total. The molecule has 0 spiro atoms. The van der Waals surface area contributed by atoms with Crippen LogP contribution in [0, 0.1) is 0 Å². The highest BCUT2D eigenvalue weighted by Crippen LogP contribution is 2.27. The minimum atomic E-state index is 0.663. The van der Waals surface area contributed by atoms with Gasteiger partial charge >= 0.3 is 0 Å². The summed E-state index contributed by atoms with van der Waals surface area (Å²) in [6.07, 6.45) is 8.69. The predicted octanol–water partition coefficient (Wildman–Crippen LogP) is 4.07. The van der Waals surface area contributed by atoms with E-state index in [9.17, 15) is 0 Å². The Kier molecular flexibility index (Phi) is 4.87. The number of hydrogen-bond acceptors (Lipinski definition) is 2. The van der Waals surface area contributed by atoms with E-state index in [4.69, 9.17) is 9.78 Å². The van der Waals surface area contributed by atoms with Gasteiger partial charge in [-0.3, -0.25) is 0 Å². The van der Waals surface area contributed by atoms with Crippen molar-refractivity contribution < 1.29 is 9.78 Å². The lowest BCUT2D eigenvalue weighted by Crippen LogP contribution is -1.96. The Bertz CT molecular complexity index is 323. The summed E-state index contributed by atoms with van der Waals surface area (Å²) in [5.41, 5.74) is 2.76. The molecule has 94 valence electrons. The van der Waals surface area contributed by atoms with E-state index in [1.165, 1.54) is 43.2 Å². The average molecular weight is 234 g/mol. The van der Waals surface area contributed by atoms with E-state index in [0.717, 1.165) is 18.6 Å². The molecule has 1 aliphatic rings. The summed E-state index contributed by atoms with van der Waals surface area (Å²) in [7, 11) is 0. The van der Waals surface area contributed by atoms with Crippen LogP contribution in [0.25, 0.3) is 0 Å². The van der Waals surface area contributed by atoms with E-state index < -0.39 is 0 Å². The van der Waals surface area contributed by atoms with E-state index in [1.54, 1.807) is 0 Å². The molecule has 1 aromatic carbocycles. The zero-order chi connectivity index (χ0) is 11.9. The Balaban J connectivity index is 1.91. The van der Waals surface area contributed by atoms with Crippen molar-refractivity contribution in [1.82, 2.24) is 0 Å². The van der Waals surface area contributed by atoms with Gasteiger partial charge in [-0.2, -0.15) is 4.89 Å². The van der Waals surface area contributed by atoms with Crippen LogP contribution in [-0.2, 0) is 17.7 Å². The van der Waals surface area contributed by atoms with Crippen LogP contribution in [0.2, 0.25) is 0 Å². The maximum atomic E-state index is 5.32. The molecule has 0 aliphatic carbocycles. The summed E-state index contributed by atoms with van der Waals surface area (Å²) in [6, 6.07) is 6.26. The highest BCUT2D eigenvalue weighted by Gasteiger charge is 2.13. The van der Waals surface area contributed by atoms with Gasteiger partial charge in [0, 0.05) is 12.0 Å². The highest BCUT2D eigenvalue weighted by atomic mass is 17.2. The van der Waals surface area contributed by atoms with Crippen molar-refractivity contribution in [3.8, 4) is 5.75 Å². The van der Waals surface area contributed by atoms with Crippen molar-refractivity contribution in [3.05, 3.63) is 29.3 Å². The van der Waals surface area contributed by atoms with Crippen LogP contribution in [0.3, 0.4) is 0 Å². The lowest BCUT2D eigenvalue weighted by Gasteiger charge is -2.09. The Morgan fingerprint density at radius 2 is 2.00 bits per heavy atom. The van der Waals surface area contributed by atoms with E-state index >= 15 is 0 Å². The van der Waals surface area contributed by atoms with Gasteiger partial charge in [0.1, 0.15) is 0 Å². The summed E-state index contributed by atoms with van der Waals surface area (Å²) in [5.74, 6) is 0.926. The van der Waals surface area contributed by atoms with E-state index in [2.05, 4.69) is 19.1 Å². The molecule has 0 unspecified atom stereocenters. The topological polar surface area (TPSA) is 18.5 Å². The monoisotopic (exact) mass is 234 g/mol.